The SMILES string of the molecule is CC[C@@H](C)[C@@H](C(=O)O)N1C(=O)/C(=C\c2cccs2)SC1=S. The predicted octanol–water partition coefficient (Wildman–Crippen LogP) is 3.45. The number of thioether (sulfide) groups is 1. The number of thiocarbonyl (C=S) groups is 1. The summed E-state index contributed by atoms with van der Waals surface area (Å²) in [6, 6.07) is 2.90. The Labute approximate surface area is 136 Å². The minimum absolute atomic E-state index is 0.161. The molecular weight excluding hydrogens is 326 g/mol. The molecule has 2 atom stereocenters. The molecule has 0 bridgehead atoms. The minimum Gasteiger partial charge on any atom is -0.480 e. The second-order valence-electron chi connectivity index (χ2n) is 4.74. The van der Waals surface area contributed by atoms with Crippen molar-refractivity contribution in [2.75, 3.05) is 0 Å². The number of hydrogen-bond donors (Lipinski definition) is 1. The molecule has 4 nitrogen and oxygen atoms in total. The van der Waals surface area contributed by atoms with Crippen LogP contribution in [0.5, 0.6) is 0 Å². The maximum absolute atomic E-state index is 12.5. The van der Waals surface area contributed by atoms with Gasteiger partial charge in [-0.3, -0.25) is 9.69 Å². The Morgan fingerprint density at radius 1 is 1.57 bits per heavy atom. The van der Waals surface area contributed by atoms with Gasteiger partial charge in [-0.15, -0.1) is 11.3 Å². The first kappa shape index (κ1) is 16.2. The molecule has 0 saturated carbocycles. The summed E-state index contributed by atoms with van der Waals surface area (Å²) < 4.78 is 0.315. The van der Waals surface area contributed by atoms with Crippen LogP contribution in [0.4, 0.5) is 0 Å². The van der Waals surface area contributed by atoms with Crippen molar-refractivity contribution in [1.82, 2.24) is 4.90 Å². The first-order valence-corrected chi connectivity index (χ1v) is 8.59. The lowest BCUT2D eigenvalue weighted by molar-refractivity contribution is -0.147. The molecule has 1 aromatic heterocycles. The minimum atomic E-state index is -1.02. The van der Waals surface area contributed by atoms with Gasteiger partial charge in [-0.2, -0.15) is 0 Å². The van der Waals surface area contributed by atoms with Crippen molar-refractivity contribution in [3.8, 4) is 0 Å². The number of amides is 1. The van der Waals surface area contributed by atoms with Crippen LogP contribution < -0.4 is 0 Å². The van der Waals surface area contributed by atoms with Crippen LogP contribution in [-0.2, 0) is 9.59 Å². The number of carbonyl (C=O) groups is 2. The van der Waals surface area contributed by atoms with Gasteiger partial charge in [0.1, 0.15) is 10.4 Å². The van der Waals surface area contributed by atoms with Gasteiger partial charge in [0.15, 0.2) is 0 Å². The molecule has 1 fully saturated rings. The summed E-state index contributed by atoms with van der Waals surface area (Å²) in [7, 11) is 0. The number of rotatable bonds is 5. The van der Waals surface area contributed by atoms with Crippen molar-refractivity contribution in [3.63, 3.8) is 0 Å². The zero-order valence-corrected chi connectivity index (χ0v) is 14.1. The van der Waals surface area contributed by atoms with Gasteiger partial charge in [0.05, 0.1) is 4.91 Å². The lowest BCUT2D eigenvalue weighted by atomic mass is 9.98. The van der Waals surface area contributed by atoms with Crippen LogP contribution in [0.15, 0.2) is 22.4 Å². The highest BCUT2D eigenvalue weighted by molar-refractivity contribution is 8.26. The third-order valence-electron chi connectivity index (χ3n) is 3.35. The standard InChI is InChI=1S/C14H15NO3S3/c1-3-8(2)11(13(17)18)15-12(16)10(21-14(15)19)7-9-5-4-6-20-9/h4-8,11H,3H2,1-2H3,(H,17,18)/b10-7+/t8-,11+/m1/s1. The fraction of sp³-hybridized carbons (Fsp3) is 0.357. The molecule has 1 N–H and O–H groups in total. The quantitative estimate of drug-likeness (QED) is 0.657. The molecule has 1 aliphatic rings. The summed E-state index contributed by atoms with van der Waals surface area (Å²) in [5.41, 5.74) is 0. The summed E-state index contributed by atoms with van der Waals surface area (Å²) in [5.74, 6) is -1.49. The van der Waals surface area contributed by atoms with E-state index in [1.807, 2.05) is 31.4 Å². The first-order valence-electron chi connectivity index (χ1n) is 6.49. The number of nitrogens with zero attached hydrogens (tertiary/aromatic N) is 1. The van der Waals surface area contributed by atoms with E-state index in [0.717, 1.165) is 4.88 Å². The van der Waals surface area contributed by atoms with Gasteiger partial charge in [-0.1, -0.05) is 50.3 Å². The summed E-state index contributed by atoms with van der Waals surface area (Å²) in [6.45, 7) is 3.72. The Morgan fingerprint density at radius 2 is 2.29 bits per heavy atom. The lowest BCUT2D eigenvalue weighted by Gasteiger charge is -2.27. The molecule has 2 heterocycles. The summed E-state index contributed by atoms with van der Waals surface area (Å²) >= 11 is 7.91. The van der Waals surface area contributed by atoms with Crippen LogP contribution in [0.1, 0.15) is 25.1 Å². The van der Waals surface area contributed by atoms with Crippen LogP contribution in [-0.4, -0.2) is 32.2 Å². The Morgan fingerprint density at radius 3 is 2.81 bits per heavy atom. The van der Waals surface area contributed by atoms with Gasteiger partial charge in [-0.05, 0) is 23.4 Å². The van der Waals surface area contributed by atoms with Crippen LogP contribution in [0.2, 0.25) is 0 Å². The van der Waals surface area contributed by atoms with E-state index in [9.17, 15) is 14.7 Å². The third-order valence-corrected chi connectivity index (χ3v) is 5.50. The van der Waals surface area contributed by atoms with E-state index in [1.165, 1.54) is 28.0 Å². The molecule has 1 aliphatic heterocycles. The van der Waals surface area contributed by atoms with Gasteiger partial charge in [-0.25, -0.2) is 4.79 Å². The number of aliphatic carboxylic acids is 1. The fourth-order valence-corrected chi connectivity index (χ4v) is 4.11. The van der Waals surface area contributed by atoms with E-state index in [-0.39, 0.29) is 11.8 Å². The average Bonchev–Trinajstić information content (AvgIpc) is 3.02. The molecule has 21 heavy (non-hydrogen) atoms. The van der Waals surface area contributed by atoms with Gasteiger partial charge in [0.25, 0.3) is 5.91 Å². The topological polar surface area (TPSA) is 57.6 Å². The molecule has 0 aliphatic carbocycles. The van der Waals surface area contributed by atoms with E-state index in [2.05, 4.69) is 0 Å². The molecule has 0 radical (unpaired) electrons. The molecule has 1 amide bonds. The van der Waals surface area contributed by atoms with E-state index >= 15 is 0 Å². The molecule has 1 saturated heterocycles. The van der Waals surface area contributed by atoms with Crippen molar-refractivity contribution in [1.29, 1.82) is 0 Å². The Kier molecular flexibility index (Phi) is 5.18. The first-order chi connectivity index (χ1) is 9.95. The van der Waals surface area contributed by atoms with Crippen molar-refractivity contribution < 1.29 is 14.7 Å². The molecule has 7 heteroatoms. The van der Waals surface area contributed by atoms with Crippen LogP contribution in [0, 0.1) is 5.92 Å². The number of carboxylic acid groups (broad SMARTS) is 1. The second-order valence-corrected chi connectivity index (χ2v) is 7.39. The smallest absolute Gasteiger partial charge is 0.327 e. The third kappa shape index (κ3) is 3.36. The van der Waals surface area contributed by atoms with Crippen molar-refractivity contribution in [3.05, 3.63) is 27.3 Å². The summed E-state index contributed by atoms with van der Waals surface area (Å²) in [4.78, 5) is 26.7. The average molecular weight is 341 g/mol. The van der Waals surface area contributed by atoms with Gasteiger partial charge < -0.3 is 5.11 Å². The van der Waals surface area contributed by atoms with Gasteiger partial charge in [0, 0.05) is 4.88 Å². The zero-order valence-electron chi connectivity index (χ0n) is 11.6. The summed E-state index contributed by atoms with van der Waals surface area (Å²) in [5, 5.41) is 11.4. The molecule has 1 aromatic rings. The second kappa shape index (κ2) is 6.72. The van der Waals surface area contributed by atoms with Crippen LogP contribution in [0.3, 0.4) is 0 Å². The van der Waals surface area contributed by atoms with E-state index in [1.54, 1.807) is 6.08 Å². The molecular formula is C14H15NO3S3. The Balaban J connectivity index is 2.31. The highest BCUT2D eigenvalue weighted by Crippen LogP contribution is 2.36. The van der Waals surface area contributed by atoms with Crippen molar-refractivity contribution >= 4 is 57.6 Å². The predicted molar refractivity (Wildman–Crippen MR) is 90.2 cm³/mol. The number of hydrogen-bond acceptors (Lipinski definition) is 5. The largest absolute Gasteiger partial charge is 0.480 e. The van der Waals surface area contributed by atoms with E-state index < -0.39 is 12.0 Å². The number of carbonyl (C=O) groups excluding carboxylic acids is 1. The van der Waals surface area contributed by atoms with Gasteiger partial charge in [0.2, 0.25) is 0 Å². The summed E-state index contributed by atoms with van der Waals surface area (Å²) in [6.07, 6.45) is 2.43. The van der Waals surface area contributed by atoms with Crippen molar-refractivity contribution in [2.45, 2.75) is 26.3 Å². The van der Waals surface area contributed by atoms with E-state index in [4.69, 9.17) is 12.2 Å². The number of carboxylic acids is 1. The molecule has 0 unspecified atom stereocenters. The monoisotopic (exact) mass is 341 g/mol. The lowest BCUT2D eigenvalue weighted by Crippen LogP contribution is -2.47. The maximum atomic E-state index is 12.5. The Hall–Kier alpha value is -1.18. The highest BCUT2D eigenvalue weighted by Gasteiger charge is 2.42. The zero-order chi connectivity index (χ0) is 15.6. The number of thiophene rings is 1. The molecule has 0 aromatic carbocycles. The maximum Gasteiger partial charge on any atom is 0.327 e. The fourth-order valence-electron chi connectivity index (χ4n) is 2.05. The Bertz CT molecular complexity index is 595. The molecule has 0 spiro atoms. The van der Waals surface area contributed by atoms with E-state index in [0.29, 0.717) is 15.6 Å². The van der Waals surface area contributed by atoms with Crippen LogP contribution >= 0.6 is 35.3 Å². The normalized spacial score (nSPS) is 20.1. The van der Waals surface area contributed by atoms with Crippen LogP contribution in [0.25, 0.3) is 6.08 Å². The van der Waals surface area contributed by atoms with Gasteiger partial charge >= 0.3 is 5.97 Å². The highest BCUT2D eigenvalue weighted by atomic mass is 32.2. The van der Waals surface area contributed by atoms with Crippen molar-refractivity contribution in [2.24, 2.45) is 5.92 Å². The molecule has 2 rings (SSSR count). The molecule has 112 valence electrons.